The van der Waals surface area contributed by atoms with E-state index in [2.05, 4.69) is 48.4 Å². The molecule has 2 rings (SSSR count). The number of hydrogen-bond acceptors (Lipinski definition) is 5. The van der Waals surface area contributed by atoms with Crippen LogP contribution in [0.5, 0.6) is 0 Å². The van der Waals surface area contributed by atoms with E-state index in [9.17, 15) is 0 Å². The molecule has 0 amide bonds. The smallest absolute Gasteiger partial charge is 0.145 e. The minimum absolute atomic E-state index is 0.0942. The third kappa shape index (κ3) is 4.06. The second-order valence-electron chi connectivity index (χ2n) is 6.58. The first-order valence-electron chi connectivity index (χ1n) is 7.01. The Hall–Kier alpha value is -1.36. The van der Waals surface area contributed by atoms with Crippen LogP contribution in [-0.2, 0) is 5.41 Å². The summed E-state index contributed by atoms with van der Waals surface area (Å²) < 4.78 is 0. The first-order valence-corrected chi connectivity index (χ1v) is 7.01. The third-order valence-corrected chi connectivity index (χ3v) is 3.32. The van der Waals surface area contributed by atoms with E-state index < -0.39 is 0 Å². The molecule has 1 fully saturated rings. The molecule has 4 N–H and O–H groups in total. The van der Waals surface area contributed by atoms with E-state index in [1.54, 1.807) is 0 Å². The van der Waals surface area contributed by atoms with Crippen molar-refractivity contribution in [2.24, 2.45) is 11.8 Å². The van der Waals surface area contributed by atoms with Crippen LogP contribution in [-0.4, -0.2) is 16.0 Å². The van der Waals surface area contributed by atoms with Crippen molar-refractivity contribution in [3.8, 4) is 0 Å². The van der Waals surface area contributed by atoms with E-state index in [-0.39, 0.29) is 5.41 Å². The largest absolute Gasteiger partial charge is 0.367 e. The van der Waals surface area contributed by atoms with Gasteiger partial charge >= 0.3 is 0 Å². The van der Waals surface area contributed by atoms with Crippen LogP contribution in [0.25, 0.3) is 0 Å². The number of anilines is 2. The summed E-state index contributed by atoms with van der Waals surface area (Å²) in [4.78, 5) is 9.02. The Morgan fingerprint density at radius 2 is 1.95 bits per heavy atom. The maximum atomic E-state index is 5.48. The van der Waals surface area contributed by atoms with Crippen LogP contribution in [0.15, 0.2) is 6.07 Å². The van der Waals surface area contributed by atoms with Crippen LogP contribution < -0.4 is 16.6 Å². The van der Waals surface area contributed by atoms with Crippen LogP contribution >= 0.6 is 0 Å². The highest BCUT2D eigenvalue weighted by Gasteiger charge is 2.24. The van der Waals surface area contributed by atoms with Gasteiger partial charge in [-0.3, -0.25) is 0 Å². The van der Waals surface area contributed by atoms with Gasteiger partial charge in [0.15, 0.2) is 0 Å². The van der Waals surface area contributed by atoms with Crippen molar-refractivity contribution in [3.05, 3.63) is 11.9 Å². The molecule has 0 aliphatic heterocycles. The zero-order valence-electron chi connectivity index (χ0n) is 12.3. The molecule has 1 aromatic heterocycles. The van der Waals surface area contributed by atoms with E-state index in [4.69, 9.17) is 5.84 Å². The average molecular weight is 263 g/mol. The number of hydrazine groups is 1. The SMILES string of the molecule is CC(CC1CC1)Nc1cc(NN)nc(C(C)(C)C)n1. The van der Waals surface area contributed by atoms with Crippen LogP contribution in [0.1, 0.15) is 52.8 Å². The highest BCUT2D eigenvalue weighted by Crippen LogP contribution is 2.34. The molecule has 5 heteroatoms. The summed E-state index contributed by atoms with van der Waals surface area (Å²) in [6, 6.07) is 2.29. The van der Waals surface area contributed by atoms with E-state index in [1.165, 1.54) is 19.3 Å². The lowest BCUT2D eigenvalue weighted by Gasteiger charge is -2.20. The summed E-state index contributed by atoms with van der Waals surface area (Å²) in [7, 11) is 0. The number of nitrogens with zero attached hydrogens (tertiary/aromatic N) is 2. The van der Waals surface area contributed by atoms with E-state index in [0.29, 0.717) is 11.9 Å². The predicted octanol–water partition coefficient (Wildman–Crippen LogP) is 2.66. The molecule has 0 spiro atoms. The van der Waals surface area contributed by atoms with Crippen LogP contribution in [0.2, 0.25) is 0 Å². The van der Waals surface area contributed by atoms with Crippen molar-refractivity contribution in [1.29, 1.82) is 0 Å². The summed E-state index contributed by atoms with van der Waals surface area (Å²) in [5, 5.41) is 3.45. The molecule has 1 saturated carbocycles. The first-order chi connectivity index (χ1) is 8.88. The predicted molar refractivity (Wildman–Crippen MR) is 79.0 cm³/mol. The second kappa shape index (κ2) is 5.33. The van der Waals surface area contributed by atoms with Gasteiger partial charge in [0.05, 0.1) is 0 Å². The Kier molecular flexibility index (Phi) is 3.94. The molecule has 0 bridgehead atoms. The van der Waals surface area contributed by atoms with E-state index in [1.807, 2.05) is 6.07 Å². The Morgan fingerprint density at radius 1 is 1.32 bits per heavy atom. The molecule has 1 unspecified atom stereocenters. The lowest BCUT2D eigenvalue weighted by molar-refractivity contribution is 0.545. The Balaban J connectivity index is 2.13. The van der Waals surface area contributed by atoms with Gasteiger partial charge in [-0.15, -0.1) is 0 Å². The Morgan fingerprint density at radius 3 is 2.47 bits per heavy atom. The van der Waals surface area contributed by atoms with Crippen molar-refractivity contribution in [1.82, 2.24) is 9.97 Å². The van der Waals surface area contributed by atoms with Crippen molar-refractivity contribution in [2.75, 3.05) is 10.7 Å². The minimum atomic E-state index is -0.0942. The molecule has 19 heavy (non-hydrogen) atoms. The Labute approximate surface area is 115 Å². The van der Waals surface area contributed by atoms with Gasteiger partial charge in [-0.2, -0.15) is 0 Å². The zero-order valence-corrected chi connectivity index (χ0v) is 12.3. The van der Waals surface area contributed by atoms with Crippen molar-refractivity contribution >= 4 is 11.6 Å². The molecule has 1 atom stereocenters. The molecule has 0 radical (unpaired) electrons. The number of rotatable bonds is 5. The molecule has 1 aliphatic rings. The summed E-state index contributed by atoms with van der Waals surface area (Å²) in [5.41, 5.74) is 2.52. The van der Waals surface area contributed by atoms with E-state index >= 15 is 0 Å². The van der Waals surface area contributed by atoms with Gasteiger partial charge in [-0.05, 0) is 19.3 Å². The second-order valence-corrected chi connectivity index (χ2v) is 6.58. The zero-order chi connectivity index (χ0) is 14.0. The van der Waals surface area contributed by atoms with Gasteiger partial charge in [0.25, 0.3) is 0 Å². The fraction of sp³-hybridized carbons (Fsp3) is 0.714. The minimum Gasteiger partial charge on any atom is -0.367 e. The number of nitrogens with two attached hydrogens (primary N) is 1. The normalized spacial score (nSPS) is 17.1. The maximum absolute atomic E-state index is 5.48. The highest BCUT2D eigenvalue weighted by molar-refractivity contribution is 5.48. The van der Waals surface area contributed by atoms with Crippen molar-refractivity contribution < 1.29 is 0 Å². The summed E-state index contributed by atoms with van der Waals surface area (Å²) >= 11 is 0. The average Bonchev–Trinajstić information content (AvgIpc) is 3.11. The van der Waals surface area contributed by atoms with Crippen LogP contribution in [0, 0.1) is 5.92 Å². The molecule has 1 aliphatic carbocycles. The fourth-order valence-corrected chi connectivity index (χ4v) is 2.10. The van der Waals surface area contributed by atoms with Crippen molar-refractivity contribution in [2.45, 2.75) is 58.4 Å². The van der Waals surface area contributed by atoms with Gasteiger partial charge in [-0.1, -0.05) is 33.6 Å². The van der Waals surface area contributed by atoms with Crippen LogP contribution in [0.3, 0.4) is 0 Å². The van der Waals surface area contributed by atoms with Gasteiger partial charge in [0.1, 0.15) is 17.5 Å². The Bertz CT molecular complexity index is 434. The molecule has 0 aromatic carbocycles. The number of nitrogen functional groups attached to an aromatic ring is 1. The van der Waals surface area contributed by atoms with Gasteiger partial charge in [-0.25, -0.2) is 15.8 Å². The topological polar surface area (TPSA) is 75.9 Å². The molecule has 0 saturated heterocycles. The van der Waals surface area contributed by atoms with Gasteiger partial charge < -0.3 is 10.7 Å². The lowest BCUT2D eigenvalue weighted by Crippen LogP contribution is -2.22. The standard InChI is InChI=1S/C14H25N5/c1-9(7-10-5-6-10)16-11-8-12(19-15)18-13(17-11)14(2,3)4/h8-10H,5-7,15H2,1-4H3,(H2,16,17,18,19). The highest BCUT2D eigenvalue weighted by atomic mass is 15.3. The molecular formula is C14H25N5. The number of aromatic nitrogens is 2. The molecule has 106 valence electrons. The number of nitrogens with one attached hydrogen (secondary N) is 2. The van der Waals surface area contributed by atoms with Gasteiger partial charge in [0.2, 0.25) is 0 Å². The molecule has 1 aromatic rings. The number of hydrogen-bond donors (Lipinski definition) is 3. The first kappa shape index (κ1) is 14.1. The van der Waals surface area contributed by atoms with Crippen molar-refractivity contribution in [3.63, 3.8) is 0 Å². The van der Waals surface area contributed by atoms with Gasteiger partial charge in [0, 0.05) is 17.5 Å². The fourth-order valence-electron chi connectivity index (χ4n) is 2.10. The maximum Gasteiger partial charge on any atom is 0.145 e. The molecule has 1 heterocycles. The third-order valence-electron chi connectivity index (χ3n) is 3.32. The van der Waals surface area contributed by atoms with E-state index in [0.717, 1.165) is 17.6 Å². The summed E-state index contributed by atoms with van der Waals surface area (Å²) in [5.74, 6) is 8.68. The molecule has 5 nitrogen and oxygen atoms in total. The lowest BCUT2D eigenvalue weighted by atomic mass is 9.96. The summed E-state index contributed by atoms with van der Waals surface area (Å²) in [6.07, 6.45) is 3.96. The molecular weight excluding hydrogens is 238 g/mol. The summed E-state index contributed by atoms with van der Waals surface area (Å²) in [6.45, 7) is 8.49. The quantitative estimate of drug-likeness (QED) is 0.562. The van der Waals surface area contributed by atoms with Crippen LogP contribution in [0.4, 0.5) is 11.6 Å². The monoisotopic (exact) mass is 263 g/mol.